The fourth-order valence-corrected chi connectivity index (χ4v) is 12.0. The van der Waals surface area contributed by atoms with Gasteiger partial charge in [-0.3, -0.25) is 0 Å². The van der Waals surface area contributed by atoms with Gasteiger partial charge in [-0.15, -0.1) is 0 Å². The van der Waals surface area contributed by atoms with E-state index >= 15 is 0 Å². The predicted molar refractivity (Wildman–Crippen MR) is 337 cm³/mol. The first kappa shape index (κ1) is 46.8. The van der Waals surface area contributed by atoms with Crippen molar-refractivity contribution in [2.24, 2.45) is 0 Å². The second kappa shape index (κ2) is 19.3. The zero-order chi connectivity index (χ0) is 54.1. The summed E-state index contributed by atoms with van der Waals surface area (Å²) < 4.78 is 8.59. The van der Waals surface area contributed by atoms with Gasteiger partial charge in [-0.1, -0.05) is 182 Å². The minimum absolute atomic E-state index is 0.706. The molecule has 0 fully saturated rings. The monoisotopic (exact) mass is 1050 g/mol. The van der Waals surface area contributed by atoms with Crippen molar-refractivity contribution in [3.63, 3.8) is 0 Å². The summed E-state index contributed by atoms with van der Waals surface area (Å²) in [4.78, 5) is 9.46. The highest BCUT2D eigenvalue weighted by atomic mass is 15.2. The molecule has 0 aliphatic heterocycles. The summed E-state index contributed by atoms with van der Waals surface area (Å²) in [5, 5.41) is 19.1. The van der Waals surface area contributed by atoms with Crippen LogP contribution in [0.15, 0.2) is 292 Å². The van der Waals surface area contributed by atoms with Crippen molar-refractivity contribution < 1.29 is 0 Å². The zero-order valence-corrected chi connectivity index (χ0v) is 44.3. The number of para-hydroxylation sites is 4. The molecule has 0 spiro atoms. The maximum Gasteiger partial charge on any atom is 0.159 e. The van der Waals surface area contributed by atoms with Crippen LogP contribution in [0.4, 0.5) is 0 Å². The molecular weight excluding hydrogens is 1000 g/mol. The third-order valence-electron chi connectivity index (χ3n) is 16.1. The molecule has 17 aromatic rings. The Morgan fingerprint density at radius 2 is 0.561 bits per heavy atom. The molecule has 0 saturated heterocycles. The minimum Gasteiger partial charge on any atom is -0.309 e. The molecule has 0 N–H and O–H groups in total. The van der Waals surface area contributed by atoms with E-state index in [1.54, 1.807) is 0 Å². The summed E-state index contributed by atoms with van der Waals surface area (Å²) in [6, 6.07) is 90.3. The maximum absolute atomic E-state index is 4.73. The molecule has 82 heavy (non-hydrogen) atoms. The number of pyridine rings is 2. The molecule has 0 saturated carbocycles. The Balaban J connectivity index is 0.000000136. The van der Waals surface area contributed by atoms with Crippen LogP contribution in [-0.2, 0) is 0 Å². The van der Waals surface area contributed by atoms with Gasteiger partial charge in [0.1, 0.15) is 0 Å². The largest absolute Gasteiger partial charge is 0.309 e. The fraction of sp³-hybridized carbons (Fsp3) is 0. The molecule has 384 valence electrons. The molecule has 0 aliphatic carbocycles. The number of hydrogen-bond donors (Lipinski definition) is 0. The van der Waals surface area contributed by atoms with Crippen LogP contribution in [-0.4, -0.2) is 38.3 Å². The molecule has 0 radical (unpaired) electrons. The Bertz CT molecular complexity index is 5130. The molecule has 17 rings (SSSR count). The molecular formula is C74H48N8. The zero-order valence-electron chi connectivity index (χ0n) is 44.3. The highest BCUT2D eigenvalue weighted by molar-refractivity contribution is 6.10. The summed E-state index contributed by atoms with van der Waals surface area (Å²) in [6.07, 6.45) is 11.9. The van der Waals surface area contributed by atoms with Crippen molar-refractivity contribution in [3.05, 3.63) is 292 Å². The average Bonchev–Trinajstić information content (AvgIpc) is 4.53. The van der Waals surface area contributed by atoms with Gasteiger partial charge in [-0.2, -0.15) is 10.2 Å². The summed E-state index contributed by atoms with van der Waals surface area (Å²) in [7, 11) is 0. The van der Waals surface area contributed by atoms with Crippen molar-refractivity contribution in [1.82, 2.24) is 38.3 Å². The van der Waals surface area contributed by atoms with Crippen LogP contribution in [0.1, 0.15) is 0 Å². The predicted octanol–water partition coefficient (Wildman–Crippen LogP) is 18.3. The summed E-state index contributed by atoms with van der Waals surface area (Å²) in [5.41, 5.74) is 19.3. The lowest BCUT2D eigenvalue weighted by molar-refractivity contribution is 0.970. The van der Waals surface area contributed by atoms with E-state index in [9.17, 15) is 0 Å². The molecule has 0 atom stereocenters. The van der Waals surface area contributed by atoms with Crippen LogP contribution in [0, 0.1) is 0 Å². The van der Waals surface area contributed by atoms with Crippen molar-refractivity contribution in [1.29, 1.82) is 0 Å². The summed E-state index contributed by atoms with van der Waals surface area (Å²) >= 11 is 0. The molecule has 0 amide bonds. The Hall–Kier alpha value is -11.2. The van der Waals surface area contributed by atoms with Crippen LogP contribution in [0.2, 0.25) is 0 Å². The molecule has 0 bridgehead atoms. The number of fused-ring (bicyclic) bond motifs is 10. The van der Waals surface area contributed by atoms with Crippen LogP contribution < -0.4 is 0 Å². The third kappa shape index (κ3) is 8.00. The van der Waals surface area contributed by atoms with Gasteiger partial charge in [0.25, 0.3) is 0 Å². The maximum atomic E-state index is 4.73. The van der Waals surface area contributed by atoms with Gasteiger partial charge in [-0.25, -0.2) is 19.0 Å². The Labute approximate surface area is 471 Å². The first-order valence-electron chi connectivity index (χ1n) is 27.6. The number of hydrogen-bond acceptors (Lipinski definition) is 4. The van der Waals surface area contributed by atoms with E-state index in [2.05, 4.69) is 287 Å². The molecule has 7 heterocycles. The first-order valence-corrected chi connectivity index (χ1v) is 27.6. The van der Waals surface area contributed by atoms with Crippen LogP contribution in [0.5, 0.6) is 0 Å². The lowest BCUT2D eigenvalue weighted by Gasteiger charge is -2.10. The highest BCUT2D eigenvalue weighted by Gasteiger charge is 2.16. The van der Waals surface area contributed by atoms with Crippen LogP contribution in [0.25, 0.3) is 143 Å². The van der Waals surface area contributed by atoms with E-state index < -0.39 is 0 Å². The standard InChI is InChI=1S/C39H25N5.C35H23N3/c1-2-8-30-25-43-38(21-29(30)7-1)35(24-42-43)27-15-13-26(14-16-27)31-22-40-39(41-23-31)28-17-19-32(20-18-28)44-36-11-5-3-9-33(36)34-10-4-6-12-37(34)44;1-2-8-28-23-37-35(21-27(28)7-1)32(22-36-37)26-15-13-24(14-16-26)25-17-19-29(20-18-25)38-33-11-5-3-9-30(33)31-10-4-6-12-34(31)38/h1-25H;1-23H. The SMILES string of the molecule is c1ccc2cn3ncc(-c4ccc(-c5ccc(-n6c7ccccc7c7ccccc76)cc5)cc4)c3cc2c1.c1ccc2cn3ncc(-c4ccc(-c5cnc(-c6ccc(-n7c8ccccc8c8ccccc87)cc6)nc5)cc4)c3cc2c1. The molecule has 0 aliphatic rings. The van der Waals surface area contributed by atoms with Crippen molar-refractivity contribution >= 4 is 76.2 Å². The summed E-state index contributed by atoms with van der Waals surface area (Å²) in [6.45, 7) is 0. The van der Waals surface area contributed by atoms with E-state index in [0.29, 0.717) is 5.82 Å². The van der Waals surface area contributed by atoms with Gasteiger partial charge < -0.3 is 9.13 Å². The van der Waals surface area contributed by atoms with Crippen LogP contribution in [0.3, 0.4) is 0 Å². The lowest BCUT2D eigenvalue weighted by Crippen LogP contribution is -1.94. The smallest absolute Gasteiger partial charge is 0.159 e. The van der Waals surface area contributed by atoms with Gasteiger partial charge >= 0.3 is 0 Å². The van der Waals surface area contributed by atoms with Gasteiger partial charge in [0.15, 0.2) is 5.82 Å². The van der Waals surface area contributed by atoms with Crippen molar-refractivity contribution in [2.75, 3.05) is 0 Å². The number of aromatic nitrogens is 8. The molecule has 7 aromatic heterocycles. The molecule has 0 unspecified atom stereocenters. The lowest BCUT2D eigenvalue weighted by atomic mass is 10.0. The normalized spacial score (nSPS) is 11.7. The quantitative estimate of drug-likeness (QED) is 0.159. The van der Waals surface area contributed by atoms with Gasteiger partial charge in [0.2, 0.25) is 0 Å². The molecule has 10 aromatic carbocycles. The van der Waals surface area contributed by atoms with Crippen LogP contribution >= 0.6 is 0 Å². The van der Waals surface area contributed by atoms with Crippen molar-refractivity contribution in [2.45, 2.75) is 0 Å². The topological polar surface area (TPSA) is 70.2 Å². The van der Waals surface area contributed by atoms with E-state index in [1.807, 2.05) is 33.8 Å². The Morgan fingerprint density at radius 3 is 0.963 bits per heavy atom. The van der Waals surface area contributed by atoms with E-state index in [0.717, 1.165) is 50.1 Å². The second-order valence-electron chi connectivity index (χ2n) is 20.9. The first-order chi connectivity index (χ1) is 40.6. The third-order valence-corrected chi connectivity index (χ3v) is 16.1. The number of benzene rings is 10. The molecule has 8 heteroatoms. The van der Waals surface area contributed by atoms with Crippen molar-refractivity contribution in [3.8, 4) is 67.3 Å². The average molecular weight is 1050 g/mol. The summed E-state index contributed by atoms with van der Waals surface area (Å²) in [5.74, 6) is 0.706. The molecule has 8 nitrogen and oxygen atoms in total. The van der Waals surface area contributed by atoms with Gasteiger partial charge in [-0.05, 0) is 111 Å². The van der Waals surface area contributed by atoms with E-state index in [4.69, 9.17) is 9.97 Å². The number of rotatable bonds is 7. The fourth-order valence-electron chi connectivity index (χ4n) is 12.0. The van der Waals surface area contributed by atoms with E-state index in [1.165, 1.54) is 87.5 Å². The number of nitrogens with zero attached hydrogens (tertiary/aromatic N) is 8. The second-order valence-corrected chi connectivity index (χ2v) is 20.9. The Kier molecular flexibility index (Phi) is 11.0. The van der Waals surface area contributed by atoms with Gasteiger partial charge in [0, 0.05) is 90.7 Å². The Morgan fingerprint density at radius 1 is 0.244 bits per heavy atom. The minimum atomic E-state index is 0.706. The van der Waals surface area contributed by atoms with Gasteiger partial charge in [0.05, 0.1) is 45.5 Å². The van der Waals surface area contributed by atoms with E-state index in [-0.39, 0.29) is 0 Å². The highest BCUT2D eigenvalue weighted by Crippen LogP contribution is 2.36.